The Morgan fingerprint density at radius 1 is 0.710 bits per heavy atom. The summed E-state index contributed by atoms with van der Waals surface area (Å²) in [5.74, 6) is -1.22. The second-order valence-electron chi connectivity index (χ2n) is 15.2. The van der Waals surface area contributed by atoms with Crippen LogP contribution in [0.3, 0.4) is 0 Å². The monoisotopic (exact) mass is 830 g/mol. The van der Waals surface area contributed by atoms with E-state index in [1.165, 1.54) is 6.07 Å². The normalized spacial score (nSPS) is 16.4. The van der Waals surface area contributed by atoms with Crippen LogP contribution in [-0.2, 0) is 20.7 Å². The van der Waals surface area contributed by atoms with Gasteiger partial charge in [-0.05, 0) is 90.0 Å². The number of nitrogens with one attached hydrogen (secondary N) is 1. The Hall–Kier alpha value is -7.45. The van der Waals surface area contributed by atoms with Gasteiger partial charge in [0.05, 0.1) is 35.7 Å². The van der Waals surface area contributed by atoms with Crippen molar-refractivity contribution >= 4 is 29.3 Å². The number of carbonyl (C=O) groups is 4. The number of benzene rings is 4. The molecule has 1 fully saturated rings. The van der Waals surface area contributed by atoms with Crippen LogP contribution in [0.25, 0.3) is 39.2 Å². The summed E-state index contributed by atoms with van der Waals surface area (Å²) in [4.78, 5) is 55.4. The van der Waals surface area contributed by atoms with Gasteiger partial charge in [-0.1, -0.05) is 53.7 Å². The van der Waals surface area contributed by atoms with Crippen LogP contribution in [0.4, 0.5) is 0 Å². The van der Waals surface area contributed by atoms with E-state index in [9.17, 15) is 24.4 Å². The first-order chi connectivity index (χ1) is 30.4. The fraction of sp³-hybridized carbons (Fsp3) is 0.229. The summed E-state index contributed by atoms with van der Waals surface area (Å²) >= 11 is 0. The summed E-state index contributed by atoms with van der Waals surface area (Å²) in [5, 5.41) is 20.1. The molecule has 14 nitrogen and oxygen atoms in total. The number of aryl methyl sites for hydroxylation is 1. The predicted molar refractivity (Wildman–Crippen MR) is 228 cm³/mol. The lowest BCUT2D eigenvalue weighted by atomic mass is 9.98. The van der Waals surface area contributed by atoms with Gasteiger partial charge >= 0.3 is 0 Å². The van der Waals surface area contributed by atoms with E-state index in [-0.39, 0.29) is 36.3 Å². The number of pyridine rings is 1. The van der Waals surface area contributed by atoms with Crippen LogP contribution in [0, 0.1) is 0 Å². The molecule has 3 aliphatic rings. The molecule has 2 aromatic heterocycles. The molecular formula is C48H42N6O8. The van der Waals surface area contributed by atoms with E-state index < -0.39 is 29.7 Å². The van der Waals surface area contributed by atoms with Crippen LogP contribution in [0.5, 0.6) is 11.5 Å². The van der Waals surface area contributed by atoms with Crippen LogP contribution < -0.4 is 14.8 Å². The molecule has 14 heteroatoms. The molecule has 0 spiro atoms. The van der Waals surface area contributed by atoms with Crippen LogP contribution in [0.15, 0.2) is 121 Å². The Morgan fingerprint density at radius 3 is 2.18 bits per heavy atom. The van der Waals surface area contributed by atoms with E-state index in [1.54, 1.807) is 24.5 Å². The van der Waals surface area contributed by atoms with Crippen LogP contribution in [0.1, 0.15) is 63.9 Å². The van der Waals surface area contributed by atoms with Gasteiger partial charge in [0.1, 0.15) is 23.2 Å². The lowest BCUT2D eigenvalue weighted by molar-refractivity contribution is -0.136. The number of rotatable bonds is 15. The van der Waals surface area contributed by atoms with Gasteiger partial charge < -0.3 is 19.4 Å². The molecule has 1 saturated heterocycles. The Morgan fingerprint density at radius 2 is 1.44 bits per heavy atom. The highest BCUT2D eigenvalue weighted by atomic mass is 16.5. The SMILES string of the molecule is O=C1CCC(N2C(=O)c3cccc(OCCCOCCCOc4ccc(-c5ccc(-n6cc(-c7ccc8c(c7)CCC8=NO)c(-c7ccncc7)n6)cc5)cc4)c3C2=O)C(=O)N1. The van der Waals surface area contributed by atoms with Crippen molar-refractivity contribution in [1.82, 2.24) is 25.0 Å². The minimum atomic E-state index is -1.03. The fourth-order valence-corrected chi connectivity index (χ4v) is 8.13. The highest BCUT2D eigenvalue weighted by Gasteiger charge is 2.46. The third-order valence-corrected chi connectivity index (χ3v) is 11.3. The molecule has 0 saturated carbocycles. The Balaban J connectivity index is 0.736. The van der Waals surface area contributed by atoms with E-state index in [0.717, 1.165) is 79.5 Å². The van der Waals surface area contributed by atoms with Gasteiger partial charge in [-0.2, -0.15) is 5.10 Å². The average molecular weight is 831 g/mol. The lowest BCUT2D eigenvalue weighted by Crippen LogP contribution is -2.54. The zero-order valence-electron chi connectivity index (χ0n) is 33.7. The van der Waals surface area contributed by atoms with Crippen molar-refractivity contribution in [3.8, 4) is 50.7 Å². The summed E-state index contributed by atoms with van der Waals surface area (Å²) in [6.07, 6.45) is 8.54. The number of imide groups is 2. The van der Waals surface area contributed by atoms with E-state index >= 15 is 0 Å². The maximum atomic E-state index is 13.3. The molecule has 1 unspecified atom stereocenters. The number of nitrogens with zero attached hydrogens (tertiary/aromatic N) is 5. The molecule has 4 amide bonds. The molecule has 0 radical (unpaired) electrons. The highest BCUT2D eigenvalue weighted by Crippen LogP contribution is 2.36. The van der Waals surface area contributed by atoms with Gasteiger partial charge in [-0.3, -0.25) is 34.4 Å². The number of carbonyl (C=O) groups excluding carboxylic acids is 4. The summed E-state index contributed by atoms with van der Waals surface area (Å²) < 4.78 is 19.5. The van der Waals surface area contributed by atoms with Crippen molar-refractivity contribution in [3.63, 3.8) is 0 Å². The molecule has 2 aliphatic heterocycles. The Bertz CT molecular complexity index is 2700. The number of amides is 4. The minimum Gasteiger partial charge on any atom is -0.494 e. The summed E-state index contributed by atoms with van der Waals surface area (Å²) in [6.45, 7) is 1.68. The molecule has 62 heavy (non-hydrogen) atoms. The first-order valence-corrected chi connectivity index (χ1v) is 20.6. The van der Waals surface area contributed by atoms with Crippen molar-refractivity contribution in [2.45, 2.75) is 44.6 Å². The van der Waals surface area contributed by atoms with E-state index in [0.29, 0.717) is 32.7 Å². The number of aromatic nitrogens is 3. The summed E-state index contributed by atoms with van der Waals surface area (Å²) in [7, 11) is 0. The van der Waals surface area contributed by atoms with E-state index in [2.05, 4.69) is 58.1 Å². The molecule has 1 atom stereocenters. The van der Waals surface area contributed by atoms with Gasteiger partial charge in [0.25, 0.3) is 11.8 Å². The molecular weight excluding hydrogens is 789 g/mol. The van der Waals surface area contributed by atoms with Gasteiger partial charge in [-0.15, -0.1) is 0 Å². The highest BCUT2D eigenvalue weighted by molar-refractivity contribution is 6.24. The number of hydrogen-bond acceptors (Lipinski definition) is 11. The first kappa shape index (κ1) is 40.0. The van der Waals surface area contributed by atoms with Crippen LogP contribution in [0.2, 0.25) is 0 Å². The fourth-order valence-electron chi connectivity index (χ4n) is 8.13. The molecule has 1 aliphatic carbocycles. The Labute approximate surface area is 356 Å². The Kier molecular flexibility index (Phi) is 11.4. The van der Waals surface area contributed by atoms with Gasteiger partial charge in [0, 0.05) is 67.8 Å². The van der Waals surface area contributed by atoms with Gasteiger partial charge in [-0.25, -0.2) is 4.68 Å². The second-order valence-corrected chi connectivity index (χ2v) is 15.2. The number of ether oxygens (including phenoxy) is 3. The third kappa shape index (κ3) is 8.07. The molecule has 4 aromatic carbocycles. The average Bonchev–Trinajstić information content (AvgIpc) is 4.01. The number of fused-ring (bicyclic) bond motifs is 2. The maximum absolute atomic E-state index is 13.3. The quantitative estimate of drug-likeness (QED) is 0.0473. The summed E-state index contributed by atoms with van der Waals surface area (Å²) in [5.41, 5.74) is 10.1. The standard InChI is InChI=1S/C48H42N6O8/c55-43-19-18-41(46(56)50-43)54-47(57)38-4-1-5-42(44(38)48(54)58)62-27-3-25-60-24-2-26-61-36-14-8-31(9-15-36)30-6-12-35(13-7-30)53-29-39(45(51-53)32-20-22-49-23-21-32)34-10-16-37-33(28-34)11-17-40(37)52-59/h1,4-10,12-16,20-23,28-29,41,59H,2-3,11,17-19,24-27H2,(H,50,55,56). The molecule has 6 aromatic rings. The predicted octanol–water partition coefficient (Wildman–Crippen LogP) is 7.05. The van der Waals surface area contributed by atoms with Gasteiger partial charge in [0.2, 0.25) is 11.8 Å². The molecule has 4 heterocycles. The minimum absolute atomic E-state index is 0.0551. The van der Waals surface area contributed by atoms with E-state index in [4.69, 9.17) is 19.3 Å². The topological polar surface area (TPSA) is 175 Å². The number of piperidine rings is 1. The van der Waals surface area contributed by atoms with Gasteiger partial charge in [0.15, 0.2) is 0 Å². The smallest absolute Gasteiger partial charge is 0.266 e. The van der Waals surface area contributed by atoms with Crippen molar-refractivity contribution in [2.75, 3.05) is 26.4 Å². The van der Waals surface area contributed by atoms with E-state index in [1.807, 2.05) is 47.1 Å². The molecule has 312 valence electrons. The first-order valence-electron chi connectivity index (χ1n) is 20.6. The number of oxime groups is 1. The molecule has 2 N–H and O–H groups in total. The zero-order chi connectivity index (χ0) is 42.6. The van der Waals surface area contributed by atoms with Crippen molar-refractivity contribution in [3.05, 3.63) is 138 Å². The van der Waals surface area contributed by atoms with Crippen molar-refractivity contribution < 1.29 is 38.6 Å². The summed E-state index contributed by atoms with van der Waals surface area (Å²) in [6, 6.07) is 30.2. The van der Waals surface area contributed by atoms with Crippen molar-refractivity contribution in [2.24, 2.45) is 5.16 Å². The molecule has 9 rings (SSSR count). The second kappa shape index (κ2) is 17.6. The third-order valence-electron chi connectivity index (χ3n) is 11.3. The number of hydrogen-bond donors (Lipinski definition) is 2. The maximum Gasteiger partial charge on any atom is 0.266 e. The van der Waals surface area contributed by atoms with Crippen LogP contribution in [-0.4, -0.2) is 86.7 Å². The zero-order valence-corrected chi connectivity index (χ0v) is 33.7. The van der Waals surface area contributed by atoms with Crippen LogP contribution >= 0.6 is 0 Å². The largest absolute Gasteiger partial charge is 0.494 e. The molecule has 0 bridgehead atoms. The van der Waals surface area contributed by atoms with Crippen molar-refractivity contribution in [1.29, 1.82) is 0 Å². The lowest BCUT2D eigenvalue weighted by Gasteiger charge is -2.27.